The fourth-order valence-corrected chi connectivity index (χ4v) is 4.47. The molecule has 178 valence electrons. The average Bonchev–Trinajstić information content (AvgIpc) is 2.80. The summed E-state index contributed by atoms with van der Waals surface area (Å²) in [5.74, 6) is -4.89. The van der Waals surface area contributed by atoms with Gasteiger partial charge in [-0.1, -0.05) is 18.2 Å². The Labute approximate surface area is 199 Å². The van der Waals surface area contributed by atoms with E-state index < -0.39 is 34.8 Å². The van der Waals surface area contributed by atoms with Crippen molar-refractivity contribution < 1.29 is 34.5 Å². The normalized spacial score (nSPS) is 18.0. The van der Waals surface area contributed by atoms with Crippen LogP contribution in [0.2, 0.25) is 0 Å². The summed E-state index contributed by atoms with van der Waals surface area (Å²) in [6.45, 7) is 1.68. The number of hydrogen-bond donors (Lipinski definition) is 5. The lowest BCUT2D eigenvalue weighted by atomic mass is 9.82. The number of carbonyl (C=O) groups excluding carboxylic acids is 2. The number of allylic oxidation sites excluding steroid dienone is 2. The molecule has 0 saturated heterocycles. The van der Waals surface area contributed by atoms with Crippen LogP contribution in [0.4, 0.5) is 11.4 Å². The first-order valence-corrected chi connectivity index (χ1v) is 11.4. The third-order valence-electron chi connectivity index (χ3n) is 5.36. The molecule has 34 heavy (non-hydrogen) atoms. The Bertz CT molecular complexity index is 1150. The Morgan fingerprint density at radius 3 is 2.29 bits per heavy atom. The molecule has 3 rings (SSSR count). The number of thioether (sulfide) groups is 1. The summed E-state index contributed by atoms with van der Waals surface area (Å²) < 4.78 is 0. The van der Waals surface area contributed by atoms with Crippen LogP contribution in [0.25, 0.3) is 0 Å². The second kappa shape index (κ2) is 10.9. The summed E-state index contributed by atoms with van der Waals surface area (Å²) in [5.41, 5.74) is 0.411. The molecule has 5 N–H and O–H groups in total. The molecular weight excluding hydrogens is 460 g/mol. The zero-order valence-electron chi connectivity index (χ0n) is 18.2. The molecule has 0 aliphatic heterocycles. The van der Waals surface area contributed by atoms with Gasteiger partial charge in [0.25, 0.3) is 0 Å². The maximum Gasteiger partial charge on any atom is 0.339 e. The molecule has 0 aromatic heterocycles. The molecule has 2 aromatic carbocycles. The van der Waals surface area contributed by atoms with E-state index >= 15 is 0 Å². The van der Waals surface area contributed by atoms with Crippen molar-refractivity contribution >= 4 is 46.9 Å². The molecule has 2 aromatic rings. The number of benzene rings is 2. The van der Waals surface area contributed by atoms with Gasteiger partial charge < -0.3 is 26.0 Å². The van der Waals surface area contributed by atoms with Gasteiger partial charge in [-0.15, -0.1) is 11.8 Å². The molecule has 0 fully saturated rings. The molecule has 2 amide bonds. The van der Waals surface area contributed by atoms with Gasteiger partial charge in [0.05, 0.1) is 17.1 Å². The van der Waals surface area contributed by atoms with Crippen LogP contribution in [0.3, 0.4) is 0 Å². The molecule has 1 aliphatic rings. The summed E-state index contributed by atoms with van der Waals surface area (Å²) in [5, 5.41) is 32.9. The number of aromatic carboxylic acids is 1. The smallest absolute Gasteiger partial charge is 0.339 e. The zero-order chi connectivity index (χ0) is 24.8. The van der Waals surface area contributed by atoms with Crippen LogP contribution < -0.4 is 10.6 Å². The number of carboxylic acid groups (broad SMARTS) is 2. The van der Waals surface area contributed by atoms with Crippen molar-refractivity contribution in [2.45, 2.75) is 29.9 Å². The monoisotopic (exact) mass is 484 g/mol. The molecule has 0 radical (unpaired) electrons. The van der Waals surface area contributed by atoms with Crippen molar-refractivity contribution in [3.05, 3.63) is 60.2 Å². The van der Waals surface area contributed by atoms with Crippen molar-refractivity contribution in [2.75, 3.05) is 10.6 Å². The van der Waals surface area contributed by atoms with E-state index in [1.165, 1.54) is 30.0 Å². The number of rotatable bonds is 8. The summed E-state index contributed by atoms with van der Waals surface area (Å²) in [7, 11) is 0. The molecule has 0 saturated carbocycles. The SMILES string of the molecule is CC(Sc1cccc(NC(=O)C2CC=CCC2C(=O)O)c1)C(=O)Nc1ccc(O)c(C(=O)O)c1. The largest absolute Gasteiger partial charge is 0.507 e. The number of carboxylic acids is 2. The first kappa shape index (κ1) is 24.8. The third kappa shape index (κ3) is 6.16. The van der Waals surface area contributed by atoms with E-state index in [0.717, 1.165) is 0 Å². The lowest BCUT2D eigenvalue weighted by molar-refractivity contribution is -0.146. The van der Waals surface area contributed by atoms with Crippen molar-refractivity contribution in [2.24, 2.45) is 11.8 Å². The molecule has 3 atom stereocenters. The van der Waals surface area contributed by atoms with Gasteiger partial charge in [-0.3, -0.25) is 14.4 Å². The highest BCUT2D eigenvalue weighted by molar-refractivity contribution is 8.00. The van der Waals surface area contributed by atoms with E-state index in [9.17, 15) is 29.4 Å². The van der Waals surface area contributed by atoms with Gasteiger partial charge in [0.1, 0.15) is 11.3 Å². The molecule has 0 spiro atoms. The van der Waals surface area contributed by atoms with Crippen LogP contribution in [0.1, 0.15) is 30.1 Å². The number of amides is 2. The molecular formula is C24H24N2O7S. The first-order valence-electron chi connectivity index (χ1n) is 10.5. The van der Waals surface area contributed by atoms with Gasteiger partial charge in [0.15, 0.2) is 0 Å². The zero-order valence-corrected chi connectivity index (χ0v) is 19.0. The molecule has 0 bridgehead atoms. The Morgan fingerprint density at radius 1 is 0.941 bits per heavy atom. The third-order valence-corrected chi connectivity index (χ3v) is 6.46. The maximum atomic E-state index is 12.7. The van der Waals surface area contributed by atoms with Gasteiger partial charge in [0, 0.05) is 16.3 Å². The number of anilines is 2. The molecule has 10 heteroatoms. The fourth-order valence-electron chi connectivity index (χ4n) is 3.55. The summed E-state index contributed by atoms with van der Waals surface area (Å²) in [6.07, 6.45) is 4.25. The quantitative estimate of drug-likeness (QED) is 0.215. The van der Waals surface area contributed by atoms with E-state index in [2.05, 4.69) is 10.6 Å². The minimum Gasteiger partial charge on any atom is -0.507 e. The van der Waals surface area contributed by atoms with Crippen molar-refractivity contribution in [1.82, 2.24) is 0 Å². The predicted octanol–water partition coefficient (Wildman–Crippen LogP) is 3.82. The van der Waals surface area contributed by atoms with Crippen LogP contribution in [0, 0.1) is 11.8 Å². The molecule has 1 aliphatic carbocycles. The van der Waals surface area contributed by atoms with Crippen molar-refractivity contribution in [3.8, 4) is 5.75 Å². The lowest BCUT2D eigenvalue weighted by Crippen LogP contribution is -2.34. The van der Waals surface area contributed by atoms with Gasteiger partial charge >= 0.3 is 11.9 Å². The maximum absolute atomic E-state index is 12.7. The van der Waals surface area contributed by atoms with Crippen LogP contribution in [-0.2, 0) is 14.4 Å². The molecule has 0 heterocycles. The topological polar surface area (TPSA) is 153 Å². The Balaban J connectivity index is 1.63. The number of nitrogens with one attached hydrogen (secondary N) is 2. The van der Waals surface area contributed by atoms with Crippen LogP contribution in [-0.4, -0.2) is 44.3 Å². The van der Waals surface area contributed by atoms with Crippen molar-refractivity contribution in [3.63, 3.8) is 0 Å². The predicted molar refractivity (Wildman–Crippen MR) is 127 cm³/mol. The highest BCUT2D eigenvalue weighted by Crippen LogP contribution is 2.30. The van der Waals surface area contributed by atoms with E-state index in [0.29, 0.717) is 23.4 Å². The van der Waals surface area contributed by atoms with E-state index in [1.54, 1.807) is 37.3 Å². The van der Waals surface area contributed by atoms with E-state index in [-0.39, 0.29) is 23.1 Å². The molecule has 9 nitrogen and oxygen atoms in total. The fraction of sp³-hybridized carbons (Fsp3) is 0.250. The Hall–Kier alpha value is -3.79. The number of aromatic hydroxyl groups is 1. The van der Waals surface area contributed by atoms with Crippen LogP contribution in [0.15, 0.2) is 59.5 Å². The Morgan fingerprint density at radius 2 is 1.62 bits per heavy atom. The van der Waals surface area contributed by atoms with Gasteiger partial charge in [-0.2, -0.15) is 0 Å². The summed E-state index contributed by atoms with van der Waals surface area (Å²) in [6, 6.07) is 10.6. The van der Waals surface area contributed by atoms with Crippen LogP contribution in [0.5, 0.6) is 5.75 Å². The summed E-state index contributed by atoms with van der Waals surface area (Å²) in [4.78, 5) is 48.6. The first-order chi connectivity index (χ1) is 16.2. The van der Waals surface area contributed by atoms with Gasteiger partial charge in [0.2, 0.25) is 11.8 Å². The van der Waals surface area contributed by atoms with E-state index in [4.69, 9.17) is 5.11 Å². The Kier molecular flexibility index (Phi) is 7.95. The van der Waals surface area contributed by atoms with Crippen molar-refractivity contribution in [1.29, 1.82) is 0 Å². The second-order valence-electron chi connectivity index (χ2n) is 7.80. The number of carbonyl (C=O) groups is 4. The summed E-state index contributed by atoms with van der Waals surface area (Å²) >= 11 is 1.23. The number of phenols is 1. The van der Waals surface area contributed by atoms with E-state index in [1.807, 2.05) is 6.08 Å². The minimum absolute atomic E-state index is 0.239. The van der Waals surface area contributed by atoms with Gasteiger partial charge in [-0.05, 0) is 56.2 Å². The lowest BCUT2D eigenvalue weighted by Gasteiger charge is -2.24. The average molecular weight is 485 g/mol. The number of hydrogen-bond acceptors (Lipinski definition) is 6. The standard InChI is InChI=1S/C24H24N2O7S/c1-13(21(28)25-15-9-10-20(27)19(12-15)24(32)33)34-16-6-4-5-14(11-16)26-22(29)17-7-2-3-8-18(17)23(30)31/h2-6,9-13,17-18,27H,7-8H2,1H3,(H,25,28)(H,26,29)(H,30,31)(H,32,33). The highest BCUT2D eigenvalue weighted by atomic mass is 32.2. The number of aliphatic carboxylic acids is 1. The van der Waals surface area contributed by atoms with Crippen LogP contribution >= 0.6 is 11.8 Å². The minimum atomic E-state index is -1.31. The highest BCUT2D eigenvalue weighted by Gasteiger charge is 2.34. The van der Waals surface area contributed by atoms with Gasteiger partial charge in [-0.25, -0.2) is 4.79 Å². The molecule has 3 unspecified atom stereocenters. The second-order valence-corrected chi connectivity index (χ2v) is 9.21.